The van der Waals surface area contributed by atoms with Crippen LogP contribution in [0.25, 0.3) is 10.9 Å². The van der Waals surface area contributed by atoms with Crippen molar-refractivity contribution >= 4 is 34.1 Å². The molecule has 5 rings (SSSR count). The lowest BCUT2D eigenvalue weighted by Crippen LogP contribution is -2.22. The second kappa shape index (κ2) is 7.40. The third-order valence-electron chi connectivity index (χ3n) is 6.06. The minimum Gasteiger partial charge on any atom is -0.488 e. The van der Waals surface area contributed by atoms with Gasteiger partial charge >= 0.3 is 5.97 Å². The Hall–Kier alpha value is -3.82. The van der Waals surface area contributed by atoms with Crippen molar-refractivity contribution in [1.29, 1.82) is 0 Å². The van der Waals surface area contributed by atoms with Crippen LogP contribution in [-0.4, -0.2) is 40.3 Å². The Kier molecular flexibility index (Phi) is 4.65. The van der Waals surface area contributed by atoms with Crippen molar-refractivity contribution in [3.63, 3.8) is 0 Å². The molecule has 0 atom stereocenters. The Morgan fingerprint density at radius 2 is 2.09 bits per heavy atom. The van der Waals surface area contributed by atoms with Crippen LogP contribution in [0.15, 0.2) is 35.4 Å². The minimum atomic E-state index is -1.38. The van der Waals surface area contributed by atoms with Crippen LogP contribution in [0, 0.1) is 11.2 Å². The molecule has 0 saturated heterocycles. The molecule has 2 aliphatic rings. The van der Waals surface area contributed by atoms with Gasteiger partial charge in [0.15, 0.2) is 11.6 Å². The van der Waals surface area contributed by atoms with Crippen molar-refractivity contribution in [1.82, 2.24) is 9.55 Å². The zero-order valence-electron chi connectivity index (χ0n) is 17.2. The van der Waals surface area contributed by atoms with E-state index in [-0.39, 0.29) is 27.9 Å². The van der Waals surface area contributed by atoms with Crippen LogP contribution in [0.2, 0.25) is 0 Å². The number of anilines is 3. The first-order valence-electron chi connectivity index (χ1n) is 10.3. The quantitative estimate of drug-likeness (QED) is 0.340. The minimum absolute atomic E-state index is 0.0618. The molecule has 2 aromatic heterocycles. The molecule has 166 valence electrons. The zero-order valence-corrected chi connectivity index (χ0v) is 17.2. The summed E-state index contributed by atoms with van der Waals surface area (Å²) in [5.74, 6) is -1.33. The van der Waals surface area contributed by atoms with Gasteiger partial charge in [-0.25, -0.2) is 14.2 Å². The van der Waals surface area contributed by atoms with Gasteiger partial charge < -0.3 is 30.8 Å². The summed E-state index contributed by atoms with van der Waals surface area (Å²) in [7, 11) is 0. The van der Waals surface area contributed by atoms with E-state index in [1.165, 1.54) is 6.20 Å². The number of nitrogens with two attached hydrogens (primary N) is 1. The van der Waals surface area contributed by atoms with E-state index >= 15 is 4.39 Å². The van der Waals surface area contributed by atoms with Crippen LogP contribution >= 0.6 is 0 Å². The maximum absolute atomic E-state index is 15.3. The van der Waals surface area contributed by atoms with Crippen molar-refractivity contribution in [2.24, 2.45) is 5.41 Å². The third kappa shape index (κ3) is 3.28. The van der Waals surface area contributed by atoms with Gasteiger partial charge in [0, 0.05) is 37.4 Å². The number of hydrogen-bond acceptors (Lipinski definition) is 7. The third-order valence-corrected chi connectivity index (χ3v) is 6.06. The molecular weight excluding hydrogens is 417 g/mol. The lowest BCUT2D eigenvalue weighted by molar-refractivity contribution is 0.0694. The SMILES string of the molecule is Nc1c(F)c(NCCNc2ccccn2)c2c3c1c(=O)c(C(=O)O)cn3CC1(CC1)CO2. The summed E-state index contributed by atoms with van der Waals surface area (Å²) < 4.78 is 23.1. The number of nitrogens with zero attached hydrogens (tertiary/aromatic N) is 2. The number of benzene rings is 1. The molecule has 1 saturated carbocycles. The number of pyridine rings is 2. The van der Waals surface area contributed by atoms with Crippen LogP contribution in [-0.2, 0) is 6.54 Å². The van der Waals surface area contributed by atoms with Crippen molar-refractivity contribution < 1.29 is 19.0 Å². The first-order chi connectivity index (χ1) is 15.4. The van der Waals surface area contributed by atoms with Gasteiger partial charge in [-0.1, -0.05) is 6.07 Å². The van der Waals surface area contributed by atoms with Gasteiger partial charge in [0.1, 0.15) is 17.1 Å². The van der Waals surface area contributed by atoms with Crippen LogP contribution in [0.4, 0.5) is 21.6 Å². The molecular formula is C22H22FN5O4. The number of nitrogens with one attached hydrogen (secondary N) is 2. The topological polar surface area (TPSA) is 131 Å². The van der Waals surface area contributed by atoms with E-state index in [9.17, 15) is 14.7 Å². The highest BCUT2D eigenvalue weighted by molar-refractivity contribution is 6.03. The van der Waals surface area contributed by atoms with E-state index < -0.39 is 22.8 Å². The summed E-state index contributed by atoms with van der Waals surface area (Å²) >= 11 is 0. The average Bonchev–Trinajstić information content (AvgIpc) is 3.57. The van der Waals surface area contributed by atoms with E-state index in [4.69, 9.17) is 10.5 Å². The second-order valence-corrected chi connectivity index (χ2v) is 8.32. The second-order valence-electron chi connectivity index (χ2n) is 8.32. The Morgan fingerprint density at radius 1 is 1.31 bits per heavy atom. The standard InChI is InChI=1S/C22H22FN5O4/c23-15-16(24)14-18-20(17(15)27-8-7-26-13-3-1-2-6-25-13)32-11-22(4-5-22)10-28(18)9-12(19(14)29)21(30)31/h1-3,6,9,27H,4-5,7-8,10-11,24H2,(H,25,26)(H,30,31). The Morgan fingerprint density at radius 3 is 2.78 bits per heavy atom. The molecule has 1 aromatic carbocycles. The number of nitrogen functional groups attached to an aromatic ring is 1. The van der Waals surface area contributed by atoms with Crippen molar-refractivity contribution in [3.8, 4) is 5.75 Å². The van der Waals surface area contributed by atoms with Crippen molar-refractivity contribution in [3.05, 3.63) is 52.2 Å². The molecule has 10 heteroatoms. The highest BCUT2D eigenvalue weighted by Gasteiger charge is 2.46. The van der Waals surface area contributed by atoms with E-state index in [1.54, 1.807) is 10.8 Å². The van der Waals surface area contributed by atoms with E-state index in [2.05, 4.69) is 15.6 Å². The van der Waals surface area contributed by atoms with Gasteiger partial charge in [-0.3, -0.25) is 4.79 Å². The molecule has 3 aromatic rings. The molecule has 32 heavy (non-hydrogen) atoms. The van der Waals surface area contributed by atoms with Gasteiger partial charge in [-0.05, 0) is 25.0 Å². The zero-order chi connectivity index (χ0) is 22.5. The van der Waals surface area contributed by atoms with E-state index in [1.807, 2.05) is 18.2 Å². The molecule has 0 amide bonds. The lowest BCUT2D eigenvalue weighted by Gasteiger charge is -2.19. The molecule has 1 fully saturated rings. The lowest BCUT2D eigenvalue weighted by atomic mass is 10.1. The maximum atomic E-state index is 15.3. The maximum Gasteiger partial charge on any atom is 0.341 e. The van der Waals surface area contributed by atoms with E-state index in [0.29, 0.717) is 37.6 Å². The number of aromatic carboxylic acids is 1. The number of carboxylic acid groups (broad SMARTS) is 1. The number of ether oxygens (including phenoxy) is 1. The average molecular weight is 439 g/mol. The predicted octanol–water partition coefficient (Wildman–Crippen LogP) is 2.51. The fourth-order valence-corrected chi connectivity index (χ4v) is 4.15. The number of aromatic nitrogens is 2. The Bertz CT molecular complexity index is 1290. The summed E-state index contributed by atoms with van der Waals surface area (Å²) in [5, 5.41) is 15.5. The van der Waals surface area contributed by atoms with Crippen LogP contribution in [0.1, 0.15) is 23.2 Å². The number of rotatable bonds is 6. The van der Waals surface area contributed by atoms with E-state index in [0.717, 1.165) is 12.8 Å². The van der Waals surface area contributed by atoms with Crippen LogP contribution in [0.5, 0.6) is 5.75 Å². The summed E-state index contributed by atoms with van der Waals surface area (Å²) in [4.78, 5) is 28.7. The van der Waals surface area contributed by atoms with Gasteiger partial charge in [0.05, 0.1) is 23.2 Å². The normalized spacial score (nSPS) is 15.8. The molecule has 1 aliphatic heterocycles. The monoisotopic (exact) mass is 439 g/mol. The number of halogens is 1. The summed E-state index contributed by atoms with van der Waals surface area (Å²) in [6.45, 7) is 1.60. The van der Waals surface area contributed by atoms with Crippen LogP contribution in [0.3, 0.4) is 0 Å². The largest absolute Gasteiger partial charge is 0.488 e. The first kappa shape index (κ1) is 20.1. The first-order valence-corrected chi connectivity index (χ1v) is 10.3. The smallest absolute Gasteiger partial charge is 0.341 e. The fourth-order valence-electron chi connectivity index (χ4n) is 4.15. The van der Waals surface area contributed by atoms with Gasteiger partial charge in [0.25, 0.3) is 0 Å². The molecule has 3 heterocycles. The van der Waals surface area contributed by atoms with Gasteiger partial charge in [0.2, 0.25) is 5.43 Å². The Balaban J connectivity index is 1.57. The highest BCUT2D eigenvalue weighted by Crippen LogP contribution is 2.51. The Labute approximate surface area is 182 Å². The molecule has 5 N–H and O–H groups in total. The van der Waals surface area contributed by atoms with Gasteiger partial charge in [-0.15, -0.1) is 0 Å². The van der Waals surface area contributed by atoms with Crippen LogP contribution < -0.4 is 26.5 Å². The molecule has 1 spiro atoms. The number of hydrogen-bond donors (Lipinski definition) is 4. The summed E-state index contributed by atoms with van der Waals surface area (Å²) in [6, 6.07) is 5.48. The molecule has 0 bridgehead atoms. The van der Waals surface area contributed by atoms with Crippen molar-refractivity contribution in [2.45, 2.75) is 19.4 Å². The predicted molar refractivity (Wildman–Crippen MR) is 118 cm³/mol. The molecule has 1 aliphatic carbocycles. The highest BCUT2D eigenvalue weighted by atomic mass is 19.1. The van der Waals surface area contributed by atoms with Gasteiger partial charge in [-0.2, -0.15) is 0 Å². The molecule has 9 nitrogen and oxygen atoms in total. The van der Waals surface area contributed by atoms with Crippen molar-refractivity contribution in [2.75, 3.05) is 36.1 Å². The number of carboxylic acids is 1. The number of carbonyl (C=O) groups is 1. The summed E-state index contributed by atoms with van der Waals surface area (Å²) in [6.07, 6.45) is 4.80. The molecule has 0 radical (unpaired) electrons. The molecule has 0 unspecified atom stereocenters. The fraction of sp³-hybridized carbons (Fsp3) is 0.318. The summed E-state index contributed by atoms with van der Waals surface area (Å²) in [5.41, 5.74) is 4.62.